The predicted octanol–water partition coefficient (Wildman–Crippen LogP) is 3.55. The number of anilines is 1. The van der Waals surface area contributed by atoms with Crippen molar-refractivity contribution in [2.45, 2.75) is 13.8 Å². The zero-order valence-corrected chi connectivity index (χ0v) is 11.4. The van der Waals surface area contributed by atoms with Gasteiger partial charge in [0.25, 0.3) is 5.91 Å². The molecule has 0 aliphatic carbocycles. The van der Waals surface area contributed by atoms with Crippen molar-refractivity contribution in [3.05, 3.63) is 52.3 Å². The van der Waals surface area contributed by atoms with Crippen LogP contribution in [-0.4, -0.2) is 10.5 Å². The predicted molar refractivity (Wildman–Crippen MR) is 74.3 cm³/mol. The molecular formula is C14H15ClN2O. The Labute approximate surface area is 111 Å². The lowest BCUT2D eigenvalue weighted by Gasteiger charge is -2.07. The maximum absolute atomic E-state index is 12.2. The van der Waals surface area contributed by atoms with E-state index in [0.717, 1.165) is 11.4 Å². The van der Waals surface area contributed by atoms with Crippen LogP contribution in [0.1, 0.15) is 21.7 Å². The SMILES string of the molecule is Cc1cc(C(=O)Nc2ccccc2Cl)c(C)n1C. The average molecular weight is 263 g/mol. The highest BCUT2D eigenvalue weighted by molar-refractivity contribution is 6.33. The molecular weight excluding hydrogens is 248 g/mol. The molecule has 1 aromatic heterocycles. The van der Waals surface area contributed by atoms with Crippen LogP contribution in [0.25, 0.3) is 0 Å². The van der Waals surface area contributed by atoms with Crippen molar-refractivity contribution in [1.29, 1.82) is 0 Å². The van der Waals surface area contributed by atoms with E-state index < -0.39 is 0 Å². The molecule has 0 atom stereocenters. The molecule has 0 radical (unpaired) electrons. The second kappa shape index (κ2) is 4.86. The van der Waals surface area contributed by atoms with Crippen LogP contribution >= 0.6 is 11.6 Å². The lowest BCUT2D eigenvalue weighted by molar-refractivity contribution is 0.102. The van der Waals surface area contributed by atoms with E-state index >= 15 is 0 Å². The number of benzene rings is 1. The van der Waals surface area contributed by atoms with Crippen molar-refractivity contribution in [3.63, 3.8) is 0 Å². The summed E-state index contributed by atoms with van der Waals surface area (Å²) in [6.45, 7) is 3.90. The minimum Gasteiger partial charge on any atom is -0.351 e. The number of nitrogens with zero attached hydrogens (tertiary/aromatic N) is 1. The molecule has 0 saturated carbocycles. The third-order valence-corrected chi connectivity index (χ3v) is 3.47. The molecule has 0 spiro atoms. The van der Waals surface area contributed by atoms with Crippen LogP contribution in [0, 0.1) is 13.8 Å². The number of carbonyl (C=O) groups excluding carboxylic acids is 1. The standard InChI is InChI=1S/C14H15ClN2O/c1-9-8-11(10(2)17(9)3)14(18)16-13-7-5-4-6-12(13)15/h4-8H,1-3H3,(H,16,18). The van der Waals surface area contributed by atoms with E-state index in [1.165, 1.54) is 0 Å². The minimum absolute atomic E-state index is 0.135. The molecule has 1 N–H and O–H groups in total. The summed E-state index contributed by atoms with van der Waals surface area (Å²) in [6.07, 6.45) is 0. The van der Waals surface area contributed by atoms with Gasteiger partial charge in [-0.05, 0) is 32.0 Å². The number of nitrogens with one attached hydrogen (secondary N) is 1. The summed E-state index contributed by atoms with van der Waals surface area (Å²) in [4.78, 5) is 12.2. The Hall–Kier alpha value is -1.74. The maximum atomic E-state index is 12.2. The van der Waals surface area contributed by atoms with Gasteiger partial charge in [-0.3, -0.25) is 4.79 Å². The molecule has 3 nitrogen and oxygen atoms in total. The second-order valence-electron chi connectivity index (χ2n) is 4.28. The first-order chi connectivity index (χ1) is 8.50. The molecule has 2 aromatic rings. The maximum Gasteiger partial charge on any atom is 0.257 e. The molecule has 1 amide bonds. The fourth-order valence-electron chi connectivity index (χ4n) is 1.84. The zero-order valence-electron chi connectivity index (χ0n) is 10.6. The summed E-state index contributed by atoms with van der Waals surface area (Å²) >= 11 is 6.01. The van der Waals surface area contributed by atoms with Crippen molar-refractivity contribution in [1.82, 2.24) is 4.57 Å². The molecule has 0 aliphatic rings. The number of aryl methyl sites for hydroxylation is 1. The second-order valence-corrected chi connectivity index (χ2v) is 4.68. The number of hydrogen-bond acceptors (Lipinski definition) is 1. The fourth-order valence-corrected chi connectivity index (χ4v) is 2.02. The average Bonchev–Trinajstić information content (AvgIpc) is 2.60. The van der Waals surface area contributed by atoms with Gasteiger partial charge in [-0.1, -0.05) is 23.7 Å². The normalized spacial score (nSPS) is 10.4. The summed E-state index contributed by atoms with van der Waals surface area (Å²) in [5, 5.41) is 3.36. The third-order valence-electron chi connectivity index (χ3n) is 3.14. The molecule has 0 unspecified atom stereocenters. The van der Waals surface area contributed by atoms with Gasteiger partial charge in [0, 0.05) is 18.4 Å². The topological polar surface area (TPSA) is 34.0 Å². The third kappa shape index (κ3) is 2.27. The molecule has 2 rings (SSSR count). The molecule has 0 saturated heterocycles. The summed E-state index contributed by atoms with van der Waals surface area (Å²) < 4.78 is 1.99. The first kappa shape index (κ1) is 12.7. The first-order valence-corrected chi connectivity index (χ1v) is 6.07. The van der Waals surface area contributed by atoms with Gasteiger partial charge in [0.1, 0.15) is 0 Å². The van der Waals surface area contributed by atoms with Crippen molar-refractivity contribution in [2.75, 3.05) is 5.32 Å². The number of rotatable bonds is 2. The van der Waals surface area contributed by atoms with E-state index in [-0.39, 0.29) is 5.91 Å². The highest BCUT2D eigenvalue weighted by Crippen LogP contribution is 2.22. The molecule has 0 bridgehead atoms. The van der Waals surface area contributed by atoms with Gasteiger partial charge < -0.3 is 9.88 Å². The quantitative estimate of drug-likeness (QED) is 0.882. The van der Waals surface area contributed by atoms with Gasteiger partial charge in [0.2, 0.25) is 0 Å². The van der Waals surface area contributed by atoms with Gasteiger partial charge in [-0.25, -0.2) is 0 Å². The molecule has 0 aliphatic heterocycles. The Kier molecular flexibility index (Phi) is 3.43. The van der Waals surface area contributed by atoms with E-state index in [1.807, 2.05) is 43.7 Å². The monoisotopic (exact) mass is 262 g/mol. The molecule has 18 heavy (non-hydrogen) atoms. The number of aromatic nitrogens is 1. The Morgan fingerprint density at radius 2 is 1.94 bits per heavy atom. The van der Waals surface area contributed by atoms with Crippen LogP contribution in [-0.2, 0) is 7.05 Å². The van der Waals surface area contributed by atoms with Crippen LogP contribution in [0.3, 0.4) is 0 Å². The Balaban J connectivity index is 2.28. The van der Waals surface area contributed by atoms with Crippen molar-refractivity contribution in [2.24, 2.45) is 7.05 Å². The van der Waals surface area contributed by atoms with Crippen molar-refractivity contribution in [3.8, 4) is 0 Å². The smallest absolute Gasteiger partial charge is 0.257 e. The van der Waals surface area contributed by atoms with Crippen LogP contribution < -0.4 is 5.32 Å². The molecule has 1 aromatic carbocycles. The lowest BCUT2D eigenvalue weighted by atomic mass is 10.2. The number of carbonyl (C=O) groups is 1. The summed E-state index contributed by atoms with van der Waals surface area (Å²) in [7, 11) is 1.94. The van der Waals surface area contributed by atoms with Gasteiger partial charge >= 0.3 is 0 Å². The molecule has 94 valence electrons. The van der Waals surface area contributed by atoms with Crippen LogP contribution in [0.15, 0.2) is 30.3 Å². The van der Waals surface area contributed by atoms with Gasteiger partial charge in [0.05, 0.1) is 16.3 Å². The Morgan fingerprint density at radius 3 is 2.50 bits per heavy atom. The van der Waals surface area contributed by atoms with Gasteiger partial charge in [-0.2, -0.15) is 0 Å². The van der Waals surface area contributed by atoms with E-state index in [0.29, 0.717) is 16.3 Å². The Bertz CT molecular complexity index is 602. The minimum atomic E-state index is -0.135. The number of amides is 1. The van der Waals surface area contributed by atoms with Crippen molar-refractivity contribution < 1.29 is 4.79 Å². The largest absolute Gasteiger partial charge is 0.351 e. The van der Waals surface area contributed by atoms with Crippen molar-refractivity contribution >= 4 is 23.2 Å². The Morgan fingerprint density at radius 1 is 1.28 bits per heavy atom. The van der Waals surface area contributed by atoms with Crippen LogP contribution in [0.4, 0.5) is 5.69 Å². The highest BCUT2D eigenvalue weighted by atomic mass is 35.5. The van der Waals surface area contributed by atoms with Crippen LogP contribution in [0.5, 0.6) is 0 Å². The summed E-state index contributed by atoms with van der Waals surface area (Å²) in [5.41, 5.74) is 3.30. The molecule has 0 fully saturated rings. The molecule has 4 heteroatoms. The lowest BCUT2D eigenvalue weighted by Crippen LogP contribution is -2.13. The summed E-state index contributed by atoms with van der Waals surface area (Å²) in [6, 6.07) is 9.08. The first-order valence-electron chi connectivity index (χ1n) is 5.69. The van der Waals surface area contributed by atoms with E-state index in [4.69, 9.17) is 11.6 Å². The van der Waals surface area contributed by atoms with E-state index in [2.05, 4.69) is 5.32 Å². The number of halogens is 1. The van der Waals surface area contributed by atoms with Crippen LogP contribution in [0.2, 0.25) is 5.02 Å². The highest BCUT2D eigenvalue weighted by Gasteiger charge is 2.14. The van der Waals surface area contributed by atoms with E-state index in [1.54, 1.807) is 12.1 Å². The fraction of sp³-hybridized carbons (Fsp3) is 0.214. The van der Waals surface area contributed by atoms with Gasteiger partial charge in [0.15, 0.2) is 0 Å². The number of hydrogen-bond donors (Lipinski definition) is 1. The summed E-state index contributed by atoms with van der Waals surface area (Å²) in [5.74, 6) is -0.135. The zero-order chi connectivity index (χ0) is 13.3. The number of para-hydroxylation sites is 1. The van der Waals surface area contributed by atoms with E-state index in [9.17, 15) is 4.79 Å². The van der Waals surface area contributed by atoms with Gasteiger partial charge in [-0.15, -0.1) is 0 Å². The molecule has 1 heterocycles.